The Morgan fingerprint density at radius 3 is 2.49 bits per heavy atom. The standard InChI is InChI=1S/C29H35ClF3N3O/c1-5-6-9-35-14-20(15-35)37-19-12-23(31)26(24(32)13-19)28-27-22(10-17(2)36(28)16-29(3,4)33)21-11-18(30)7-8-25(21)34-27/h7-8,11-13,17,20,28,34H,5-6,9-10,14-16H2,1-4H3/t17-,28-/m0/s1. The fourth-order valence-corrected chi connectivity index (χ4v) is 5.93. The summed E-state index contributed by atoms with van der Waals surface area (Å²) in [7, 11) is 0. The Morgan fingerprint density at radius 1 is 1.14 bits per heavy atom. The third kappa shape index (κ3) is 5.36. The monoisotopic (exact) mass is 533 g/mol. The summed E-state index contributed by atoms with van der Waals surface area (Å²) in [6, 6.07) is 7.09. The highest BCUT2D eigenvalue weighted by atomic mass is 35.5. The summed E-state index contributed by atoms with van der Waals surface area (Å²) in [5, 5.41) is 1.52. The fraction of sp³-hybridized carbons (Fsp3) is 0.517. The van der Waals surface area contributed by atoms with Crippen LogP contribution in [0.2, 0.25) is 5.02 Å². The average Bonchev–Trinajstić information content (AvgIpc) is 3.13. The van der Waals surface area contributed by atoms with Crippen LogP contribution in [0.25, 0.3) is 10.9 Å². The number of benzene rings is 2. The van der Waals surface area contributed by atoms with Gasteiger partial charge in [0.25, 0.3) is 0 Å². The van der Waals surface area contributed by atoms with Crippen molar-refractivity contribution in [1.82, 2.24) is 14.8 Å². The Labute approximate surface area is 221 Å². The van der Waals surface area contributed by atoms with Crippen LogP contribution in [0.1, 0.15) is 63.4 Å². The molecule has 3 aromatic rings. The molecular weight excluding hydrogens is 499 g/mol. The van der Waals surface area contributed by atoms with Gasteiger partial charge in [-0.2, -0.15) is 0 Å². The van der Waals surface area contributed by atoms with Crippen LogP contribution < -0.4 is 4.74 Å². The molecule has 0 amide bonds. The van der Waals surface area contributed by atoms with Gasteiger partial charge in [0.1, 0.15) is 29.2 Å². The van der Waals surface area contributed by atoms with E-state index >= 15 is 8.78 Å². The van der Waals surface area contributed by atoms with E-state index in [9.17, 15) is 4.39 Å². The number of alkyl halides is 1. The number of nitrogens with zero attached hydrogens (tertiary/aromatic N) is 2. The normalized spacial score (nSPS) is 21.3. The first kappa shape index (κ1) is 26.4. The van der Waals surface area contributed by atoms with Crippen molar-refractivity contribution in [2.45, 2.75) is 70.8 Å². The maximum Gasteiger partial charge on any atom is 0.135 e. The summed E-state index contributed by atoms with van der Waals surface area (Å²) in [4.78, 5) is 7.51. The molecule has 2 atom stereocenters. The van der Waals surface area contributed by atoms with Gasteiger partial charge >= 0.3 is 0 Å². The predicted molar refractivity (Wildman–Crippen MR) is 142 cm³/mol. The minimum Gasteiger partial charge on any atom is -0.488 e. The molecule has 1 aromatic heterocycles. The van der Waals surface area contributed by atoms with Gasteiger partial charge in [0.2, 0.25) is 0 Å². The van der Waals surface area contributed by atoms with Crippen molar-refractivity contribution >= 4 is 22.5 Å². The van der Waals surface area contributed by atoms with E-state index in [1.54, 1.807) is 6.07 Å². The highest BCUT2D eigenvalue weighted by Gasteiger charge is 2.41. The average molecular weight is 534 g/mol. The number of halogens is 4. The smallest absolute Gasteiger partial charge is 0.135 e. The molecule has 3 heterocycles. The Morgan fingerprint density at radius 2 is 1.84 bits per heavy atom. The molecule has 2 aromatic carbocycles. The van der Waals surface area contributed by atoms with Gasteiger partial charge in [-0.1, -0.05) is 24.9 Å². The predicted octanol–water partition coefficient (Wildman–Crippen LogP) is 7.05. The maximum absolute atomic E-state index is 15.8. The SMILES string of the molecule is CCCCN1CC(Oc2cc(F)c([C@H]3c4[nH]c5ccc(Cl)cc5c4C[C@H](C)N3CC(C)(C)F)c(F)c2)C1. The van der Waals surface area contributed by atoms with Crippen LogP contribution in [-0.2, 0) is 6.42 Å². The molecule has 0 aliphatic carbocycles. The molecular formula is C29H35ClF3N3O. The van der Waals surface area contributed by atoms with Gasteiger partial charge in [0, 0.05) is 65.0 Å². The van der Waals surface area contributed by atoms with Crippen molar-refractivity contribution in [3.63, 3.8) is 0 Å². The highest BCUT2D eigenvalue weighted by Crippen LogP contribution is 2.44. The molecule has 0 radical (unpaired) electrons. The van der Waals surface area contributed by atoms with E-state index in [1.165, 1.54) is 26.0 Å². The molecule has 0 saturated carbocycles. The fourth-order valence-electron chi connectivity index (χ4n) is 5.76. The lowest BCUT2D eigenvalue weighted by atomic mass is 9.87. The first-order valence-corrected chi connectivity index (χ1v) is 13.5. The van der Waals surface area contributed by atoms with Crippen LogP contribution in [0.4, 0.5) is 13.2 Å². The van der Waals surface area contributed by atoms with Crippen molar-refractivity contribution in [3.05, 3.63) is 63.8 Å². The van der Waals surface area contributed by atoms with Crippen molar-refractivity contribution in [1.29, 1.82) is 0 Å². The van der Waals surface area contributed by atoms with Gasteiger partial charge in [0.05, 0.1) is 6.04 Å². The summed E-state index contributed by atoms with van der Waals surface area (Å²) in [5.41, 5.74) is 0.829. The van der Waals surface area contributed by atoms with Gasteiger partial charge in [0.15, 0.2) is 0 Å². The number of aromatic nitrogens is 1. The second-order valence-corrected chi connectivity index (χ2v) is 11.6. The van der Waals surface area contributed by atoms with E-state index < -0.39 is 23.3 Å². The number of unbranched alkanes of at least 4 members (excludes halogenated alkanes) is 1. The minimum absolute atomic E-state index is 0.0290. The Hall–Kier alpha value is -2.22. The van der Waals surface area contributed by atoms with Crippen LogP contribution >= 0.6 is 11.6 Å². The van der Waals surface area contributed by atoms with E-state index in [0.29, 0.717) is 17.1 Å². The van der Waals surface area contributed by atoms with Crippen LogP contribution in [-0.4, -0.2) is 58.8 Å². The van der Waals surface area contributed by atoms with E-state index in [0.717, 1.165) is 48.9 Å². The Bertz CT molecular complexity index is 1260. The second kappa shape index (κ2) is 10.2. The number of aromatic amines is 1. The van der Waals surface area contributed by atoms with Crippen molar-refractivity contribution < 1.29 is 17.9 Å². The van der Waals surface area contributed by atoms with Gasteiger partial charge in [-0.3, -0.25) is 9.80 Å². The molecule has 37 heavy (non-hydrogen) atoms. The molecule has 1 saturated heterocycles. The summed E-state index contributed by atoms with van der Waals surface area (Å²) in [6.45, 7) is 9.65. The van der Waals surface area contributed by atoms with Gasteiger partial charge < -0.3 is 9.72 Å². The number of nitrogens with one attached hydrogen (secondary N) is 1. The number of hydrogen-bond acceptors (Lipinski definition) is 3. The molecule has 2 aliphatic heterocycles. The molecule has 2 aliphatic rings. The summed E-state index contributed by atoms with van der Waals surface area (Å²) in [5.74, 6) is -1.20. The van der Waals surface area contributed by atoms with Crippen molar-refractivity contribution in [3.8, 4) is 5.75 Å². The number of ether oxygens (including phenoxy) is 1. The van der Waals surface area contributed by atoms with Gasteiger partial charge in [-0.05, 0) is 63.9 Å². The molecule has 4 nitrogen and oxygen atoms in total. The molecule has 0 bridgehead atoms. The van der Waals surface area contributed by atoms with Gasteiger partial charge in [-0.15, -0.1) is 0 Å². The zero-order chi connectivity index (χ0) is 26.5. The molecule has 5 rings (SSSR count). The van der Waals surface area contributed by atoms with Gasteiger partial charge in [-0.25, -0.2) is 13.2 Å². The molecule has 8 heteroatoms. The maximum atomic E-state index is 15.8. The third-order valence-electron chi connectivity index (χ3n) is 7.51. The third-order valence-corrected chi connectivity index (χ3v) is 7.75. The second-order valence-electron chi connectivity index (χ2n) is 11.2. The quantitative estimate of drug-likeness (QED) is 0.337. The van der Waals surface area contributed by atoms with E-state index in [1.807, 2.05) is 24.0 Å². The van der Waals surface area contributed by atoms with Crippen LogP contribution in [0, 0.1) is 11.6 Å². The largest absolute Gasteiger partial charge is 0.488 e. The van der Waals surface area contributed by atoms with Crippen LogP contribution in [0.15, 0.2) is 30.3 Å². The number of rotatable bonds is 8. The first-order valence-electron chi connectivity index (χ1n) is 13.2. The summed E-state index contributed by atoms with van der Waals surface area (Å²) in [6.07, 6.45) is 2.79. The van der Waals surface area contributed by atoms with E-state index in [4.69, 9.17) is 16.3 Å². The number of hydrogen-bond donors (Lipinski definition) is 1. The van der Waals surface area contributed by atoms with Crippen molar-refractivity contribution in [2.75, 3.05) is 26.2 Å². The summed E-state index contributed by atoms with van der Waals surface area (Å²) < 4.78 is 52.4. The molecule has 0 spiro atoms. The number of likely N-dealkylation sites (tertiary alicyclic amines) is 1. The lowest BCUT2D eigenvalue weighted by Crippen LogP contribution is -2.53. The number of H-pyrrole nitrogens is 1. The lowest BCUT2D eigenvalue weighted by molar-refractivity contribution is 0.0188. The van der Waals surface area contributed by atoms with E-state index in [2.05, 4.69) is 16.8 Å². The lowest BCUT2D eigenvalue weighted by Gasteiger charge is -2.43. The molecule has 1 fully saturated rings. The summed E-state index contributed by atoms with van der Waals surface area (Å²) >= 11 is 6.27. The first-order chi connectivity index (χ1) is 17.5. The molecule has 1 N–H and O–H groups in total. The minimum atomic E-state index is -1.55. The Balaban J connectivity index is 1.51. The van der Waals surface area contributed by atoms with Crippen LogP contribution in [0.5, 0.6) is 5.75 Å². The van der Waals surface area contributed by atoms with Crippen molar-refractivity contribution in [2.24, 2.45) is 0 Å². The Kier molecular flexibility index (Phi) is 7.24. The zero-order valence-electron chi connectivity index (χ0n) is 21.9. The topological polar surface area (TPSA) is 31.5 Å². The van der Waals surface area contributed by atoms with Crippen LogP contribution in [0.3, 0.4) is 0 Å². The van der Waals surface area contributed by atoms with E-state index in [-0.39, 0.29) is 30.0 Å². The molecule has 200 valence electrons. The zero-order valence-corrected chi connectivity index (χ0v) is 22.6. The highest BCUT2D eigenvalue weighted by molar-refractivity contribution is 6.31. The number of fused-ring (bicyclic) bond motifs is 3. The molecule has 0 unspecified atom stereocenters.